The Bertz CT molecular complexity index is 619. The molecular formula is C15H23N5O2. The molecule has 22 heavy (non-hydrogen) atoms. The third-order valence-electron chi connectivity index (χ3n) is 3.93. The smallest absolute Gasteiger partial charge is 0.230 e. The Balaban J connectivity index is 1.72. The number of rotatable bonds is 5. The number of nitrogens with zero attached hydrogens (tertiary/aromatic N) is 5. The predicted octanol–water partition coefficient (Wildman–Crippen LogP) is 3.04. The summed E-state index contributed by atoms with van der Waals surface area (Å²) in [5, 5.41) is 12.4. The molecule has 0 radical (unpaired) electrons. The summed E-state index contributed by atoms with van der Waals surface area (Å²) in [4.78, 5) is 6.82. The maximum absolute atomic E-state index is 5.71. The van der Waals surface area contributed by atoms with E-state index in [1.165, 1.54) is 0 Å². The van der Waals surface area contributed by atoms with Gasteiger partial charge in [0, 0.05) is 11.8 Å². The summed E-state index contributed by atoms with van der Waals surface area (Å²) in [5.41, 5.74) is 0. The van der Waals surface area contributed by atoms with E-state index in [1.54, 1.807) is 0 Å². The second-order valence-corrected chi connectivity index (χ2v) is 6.46. The van der Waals surface area contributed by atoms with Crippen molar-refractivity contribution in [2.75, 3.05) is 6.54 Å². The second kappa shape index (κ2) is 6.16. The first-order valence-corrected chi connectivity index (χ1v) is 7.94. The van der Waals surface area contributed by atoms with Crippen LogP contribution in [0.5, 0.6) is 0 Å². The lowest BCUT2D eigenvalue weighted by atomic mass is 10.2. The van der Waals surface area contributed by atoms with Crippen LogP contribution in [0.15, 0.2) is 8.94 Å². The molecular weight excluding hydrogens is 282 g/mol. The molecule has 7 heteroatoms. The van der Waals surface area contributed by atoms with Crippen LogP contribution in [0.4, 0.5) is 0 Å². The van der Waals surface area contributed by atoms with Gasteiger partial charge in [-0.2, -0.15) is 4.98 Å². The molecule has 0 amide bonds. The maximum Gasteiger partial charge on any atom is 0.230 e. The molecule has 0 saturated carbocycles. The van der Waals surface area contributed by atoms with Gasteiger partial charge in [0.1, 0.15) is 0 Å². The molecule has 2 aromatic rings. The summed E-state index contributed by atoms with van der Waals surface area (Å²) < 4.78 is 11.0. The lowest BCUT2D eigenvalue weighted by Crippen LogP contribution is -2.23. The van der Waals surface area contributed by atoms with Crippen LogP contribution in [-0.4, -0.2) is 31.8 Å². The number of hydrogen-bond donors (Lipinski definition) is 0. The largest absolute Gasteiger partial charge is 0.424 e. The van der Waals surface area contributed by atoms with Crippen LogP contribution in [0.25, 0.3) is 0 Å². The van der Waals surface area contributed by atoms with Crippen molar-refractivity contribution in [1.82, 2.24) is 25.2 Å². The van der Waals surface area contributed by atoms with Crippen LogP contribution in [0.3, 0.4) is 0 Å². The monoisotopic (exact) mass is 305 g/mol. The summed E-state index contributed by atoms with van der Waals surface area (Å²) in [6, 6.07) is 0.172. The lowest BCUT2D eigenvalue weighted by molar-refractivity contribution is 0.209. The van der Waals surface area contributed by atoms with Gasteiger partial charge in [0.25, 0.3) is 0 Å². The fourth-order valence-corrected chi connectivity index (χ4v) is 2.66. The van der Waals surface area contributed by atoms with Crippen LogP contribution >= 0.6 is 0 Å². The minimum Gasteiger partial charge on any atom is -0.424 e. The SMILES string of the molecule is CC(C)c1nc(C2CCCN2Cc2nnc(C(C)C)o2)no1. The van der Waals surface area contributed by atoms with Crippen LogP contribution in [0.1, 0.15) is 81.9 Å². The topological polar surface area (TPSA) is 81.1 Å². The molecule has 0 aliphatic carbocycles. The Hall–Kier alpha value is -1.76. The second-order valence-electron chi connectivity index (χ2n) is 6.46. The fraction of sp³-hybridized carbons (Fsp3) is 0.733. The van der Waals surface area contributed by atoms with Gasteiger partial charge in [0.2, 0.25) is 17.7 Å². The summed E-state index contributed by atoms with van der Waals surface area (Å²) in [6.45, 7) is 9.81. The van der Waals surface area contributed by atoms with Crippen molar-refractivity contribution < 1.29 is 8.94 Å². The molecule has 1 atom stereocenters. The van der Waals surface area contributed by atoms with Crippen molar-refractivity contribution in [3.63, 3.8) is 0 Å². The number of aromatic nitrogens is 4. The highest BCUT2D eigenvalue weighted by Crippen LogP contribution is 2.32. The normalized spacial score (nSPS) is 19.6. The van der Waals surface area contributed by atoms with Gasteiger partial charge in [-0.05, 0) is 19.4 Å². The van der Waals surface area contributed by atoms with Crippen molar-refractivity contribution in [2.24, 2.45) is 0 Å². The zero-order valence-electron chi connectivity index (χ0n) is 13.6. The Morgan fingerprint density at radius 3 is 2.55 bits per heavy atom. The summed E-state index contributed by atoms with van der Waals surface area (Å²) in [7, 11) is 0. The zero-order chi connectivity index (χ0) is 15.7. The molecule has 2 aromatic heterocycles. The van der Waals surface area contributed by atoms with Gasteiger partial charge in [-0.15, -0.1) is 10.2 Å². The predicted molar refractivity (Wildman–Crippen MR) is 79.2 cm³/mol. The maximum atomic E-state index is 5.71. The van der Waals surface area contributed by atoms with Gasteiger partial charge in [-0.3, -0.25) is 4.90 Å². The Morgan fingerprint density at radius 1 is 1.14 bits per heavy atom. The quantitative estimate of drug-likeness (QED) is 0.839. The van der Waals surface area contributed by atoms with E-state index in [-0.39, 0.29) is 17.9 Å². The number of hydrogen-bond acceptors (Lipinski definition) is 7. The van der Waals surface area contributed by atoms with E-state index in [1.807, 2.05) is 13.8 Å². The van der Waals surface area contributed by atoms with E-state index >= 15 is 0 Å². The van der Waals surface area contributed by atoms with Crippen LogP contribution in [-0.2, 0) is 6.54 Å². The van der Waals surface area contributed by atoms with E-state index < -0.39 is 0 Å². The fourth-order valence-electron chi connectivity index (χ4n) is 2.66. The van der Waals surface area contributed by atoms with Crippen molar-refractivity contribution in [3.05, 3.63) is 23.5 Å². The molecule has 1 aliphatic heterocycles. The lowest BCUT2D eigenvalue weighted by Gasteiger charge is -2.19. The van der Waals surface area contributed by atoms with Crippen molar-refractivity contribution in [1.29, 1.82) is 0 Å². The van der Waals surface area contributed by atoms with E-state index in [2.05, 4.69) is 39.1 Å². The first kappa shape index (κ1) is 15.1. The van der Waals surface area contributed by atoms with Crippen molar-refractivity contribution in [3.8, 4) is 0 Å². The highest BCUT2D eigenvalue weighted by atomic mass is 16.5. The molecule has 1 saturated heterocycles. The summed E-state index contributed by atoms with van der Waals surface area (Å²) in [6.07, 6.45) is 2.14. The molecule has 1 aliphatic rings. The molecule has 120 valence electrons. The van der Waals surface area contributed by atoms with Gasteiger partial charge >= 0.3 is 0 Å². The first-order valence-electron chi connectivity index (χ1n) is 7.94. The molecule has 0 aromatic carbocycles. The average molecular weight is 305 g/mol. The van der Waals surface area contributed by atoms with Gasteiger partial charge < -0.3 is 8.94 Å². The minimum absolute atomic E-state index is 0.172. The number of likely N-dealkylation sites (tertiary alicyclic amines) is 1. The minimum atomic E-state index is 0.172. The zero-order valence-corrected chi connectivity index (χ0v) is 13.6. The Labute approximate surface area is 130 Å². The van der Waals surface area contributed by atoms with Crippen molar-refractivity contribution in [2.45, 2.75) is 65.0 Å². The van der Waals surface area contributed by atoms with Gasteiger partial charge in [-0.1, -0.05) is 32.9 Å². The average Bonchev–Trinajstić information content (AvgIpc) is 3.18. The molecule has 0 N–H and O–H groups in total. The van der Waals surface area contributed by atoms with Gasteiger partial charge in [-0.25, -0.2) is 0 Å². The first-order chi connectivity index (χ1) is 10.5. The molecule has 7 nitrogen and oxygen atoms in total. The Kier molecular flexibility index (Phi) is 4.24. The third kappa shape index (κ3) is 3.04. The molecule has 3 heterocycles. The van der Waals surface area contributed by atoms with Crippen molar-refractivity contribution >= 4 is 0 Å². The third-order valence-corrected chi connectivity index (χ3v) is 3.93. The van der Waals surface area contributed by atoms with Crippen LogP contribution < -0.4 is 0 Å². The van der Waals surface area contributed by atoms with Gasteiger partial charge in [0.05, 0.1) is 12.6 Å². The summed E-state index contributed by atoms with van der Waals surface area (Å²) >= 11 is 0. The molecule has 3 rings (SSSR count). The molecule has 0 bridgehead atoms. The van der Waals surface area contributed by atoms with E-state index in [0.717, 1.165) is 25.2 Å². The van der Waals surface area contributed by atoms with E-state index in [4.69, 9.17) is 8.94 Å². The van der Waals surface area contributed by atoms with Crippen LogP contribution in [0.2, 0.25) is 0 Å². The molecule has 1 fully saturated rings. The Morgan fingerprint density at radius 2 is 1.91 bits per heavy atom. The molecule has 0 spiro atoms. The standard InChI is InChI=1S/C15H23N5O2/c1-9(2)14-16-13(19-22-14)11-6-5-7-20(11)8-12-17-18-15(21-12)10(3)4/h9-11H,5-8H2,1-4H3. The van der Waals surface area contributed by atoms with E-state index in [0.29, 0.717) is 24.2 Å². The van der Waals surface area contributed by atoms with Crippen LogP contribution in [0, 0.1) is 0 Å². The van der Waals surface area contributed by atoms with Gasteiger partial charge in [0.15, 0.2) is 5.82 Å². The summed E-state index contributed by atoms with van der Waals surface area (Å²) in [5.74, 6) is 3.31. The molecule has 1 unspecified atom stereocenters. The highest BCUT2D eigenvalue weighted by molar-refractivity contribution is 5.00. The highest BCUT2D eigenvalue weighted by Gasteiger charge is 2.31. The van der Waals surface area contributed by atoms with E-state index in [9.17, 15) is 0 Å².